The van der Waals surface area contributed by atoms with Crippen LogP contribution in [-0.2, 0) is 6.18 Å². The van der Waals surface area contributed by atoms with Crippen LogP contribution in [-0.4, -0.2) is 16.9 Å². The van der Waals surface area contributed by atoms with Gasteiger partial charge >= 0.3 is 6.18 Å². The van der Waals surface area contributed by atoms with Crippen LogP contribution >= 0.6 is 27.5 Å². The number of pyridine rings is 1. The first kappa shape index (κ1) is 17.6. The van der Waals surface area contributed by atoms with E-state index in [0.29, 0.717) is 0 Å². The summed E-state index contributed by atoms with van der Waals surface area (Å²) < 4.78 is 39.0. The van der Waals surface area contributed by atoms with Crippen LogP contribution in [0.3, 0.4) is 0 Å². The van der Waals surface area contributed by atoms with Gasteiger partial charge in [-0.15, -0.1) is 11.6 Å². The van der Waals surface area contributed by atoms with Crippen molar-refractivity contribution >= 4 is 33.3 Å². The Balaban J connectivity index is 2.83. The van der Waals surface area contributed by atoms with Gasteiger partial charge in [0.1, 0.15) is 5.82 Å². The van der Waals surface area contributed by atoms with E-state index >= 15 is 0 Å². The summed E-state index contributed by atoms with van der Waals surface area (Å²) in [5, 5.41) is 2.49. The van der Waals surface area contributed by atoms with E-state index in [0.717, 1.165) is 18.9 Å². The fraction of sp³-hybridized carbons (Fsp3) is 0.615. The topological polar surface area (TPSA) is 24.9 Å². The molecule has 1 N–H and O–H groups in total. The molecule has 1 rings (SSSR count). The summed E-state index contributed by atoms with van der Waals surface area (Å²) in [6, 6.07) is 1.01. The van der Waals surface area contributed by atoms with Crippen LogP contribution in [0.1, 0.15) is 32.3 Å². The normalized spacial score (nSPS) is 13.6. The van der Waals surface area contributed by atoms with Crippen molar-refractivity contribution in [1.29, 1.82) is 0 Å². The van der Waals surface area contributed by atoms with Gasteiger partial charge in [0.2, 0.25) is 0 Å². The summed E-state index contributed by atoms with van der Waals surface area (Å²) in [6.45, 7) is 4.29. The molecular formula is C13H17BrClF3N2. The molecule has 1 unspecified atom stereocenters. The SMILES string of the molecule is CCC(CC)C(Cl)CNc1ncc(Br)cc1C(F)(F)F. The first-order valence-corrected chi connectivity index (χ1v) is 7.63. The molecule has 1 atom stereocenters. The second kappa shape index (κ2) is 7.50. The summed E-state index contributed by atoms with van der Waals surface area (Å²) in [6.07, 6.45) is -1.33. The maximum atomic E-state index is 12.9. The molecule has 0 saturated heterocycles. The Kier molecular flexibility index (Phi) is 6.58. The van der Waals surface area contributed by atoms with Crippen LogP contribution < -0.4 is 5.32 Å². The van der Waals surface area contributed by atoms with Gasteiger partial charge in [0.05, 0.1) is 10.9 Å². The number of nitrogens with zero attached hydrogens (tertiary/aromatic N) is 1. The Morgan fingerprint density at radius 2 is 1.95 bits per heavy atom. The highest BCUT2D eigenvalue weighted by Crippen LogP contribution is 2.35. The van der Waals surface area contributed by atoms with Crippen LogP contribution in [0, 0.1) is 5.92 Å². The fourth-order valence-corrected chi connectivity index (χ4v) is 2.72. The molecule has 1 aromatic rings. The number of nitrogens with one attached hydrogen (secondary N) is 1. The molecule has 114 valence electrons. The number of hydrogen-bond acceptors (Lipinski definition) is 2. The van der Waals surface area contributed by atoms with Gasteiger partial charge in [-0.25, -0.2) is 4.98 Å². The van der Waals surface area contributed by atoms with Crippen molar-refractivity contribution in [2.75, 3.05) is 11.9 Å². The second-order valence-corrected chi connectivity index (χ2v) is 6.00. The zero-order valence-electron chi connectivity index (χ0n) is 11.3. The van der Waals surface area contributed by atoms with Crippen molar-refractivity contribution in [3.63, 3.8) is 0 Å². The van der Waals surface area contributed by atoms with Crippen molar-refractivity contribution in [2.45, 2.75) is 38.2 Å². The molecule has 0 radical (unpaired) electrons. The zero-order valence-corrected chi connectivity index (χ0v) is 13.6. The first-order valence-electron chi connectivity index (χ1n) is 6.40. The molecule has 0 bridgehead atoms. The minimum absolute atomic E-state index is 0.183. The smallest absolute Gasteiger partial charge is 0.368 e. The van der Waals surface area contributed by atoms with Crippen molar-refractivity contribution in [2.24, 2.45) is 5.92 Å². The van der Waals surface area contributed by atoms with Crippen LogP contribution in [0.25, 0.3) is 0 Å². The highest BCUT2D eigenvalue weighted by Gasteiger charge is 2.34. The predicted molar refractivity (Wildman–Crippen MR) is 79.1 cm³/mol. The number of alkyl halides is 4. The first-order chi connectivity index (χ1) is 9.29. The molecule has 0 aliphatic heterocycles. The molecule has 0 amide bonds. The minimum Gasteiger partial charge on any atom is -0.368 e. The van der Waals surface area contributed by atoms with E-state index in [4.69, 9.17) is 11.6 Å². The van der Waals surface area contributed by atoms with E-state index in [2.05, 4.69) is 26.2 Å². The van der Waals surface area contributed by atoms with Gasteiger partial charge in [0.25, 0.3) is 0 Å². The van der Waals surface area contributed by atoms with Crippen LogP contribution in [0.15, 0.2) is 16.7 Å². The Morgan fingerprint density at radius 1 is 1.35 bits per heavy atom. The predicted octanol–water partition coefficient (Wildman–Crippen LogP) is 5.32. The lowest BCUT2D eigenvalue weighted by Gasteiger charge is -2.21. The second-order valence-electron chi connectivity index (χ2n) is 4.52. The Labute approximate surface area is 130 Å². The summed E-state index contributed by atoms with van der Waals surface area (Å²) >= 11 is 9.21. The lowest BCUT2D eigenvalue weighted by molar-refractivity contribution is -0.137. The van der Waals surface area contributed by atoms with Crippen molar-refractivity contribution in [3.8, 4) is 0 Å². The van der Waals surface area contributed by atoms with Gasteiger partial charge in [-0.05, 0) is 27.9 Å². The average molecular weight is 374 g/mol. The number of rotatable bonds is 6. The Bertz CT molecular complexity index is 436. The molecule has 1 aromatic heterocycles. The molecule has 2 nitrogen and oxygen atoms in total. The van der Waals surface area contributed by atoms with Gasteiger partial charge < -0.3 is 5.32 Å². The quantitative estimate of drug-likeness (QED) is 0.683. The van der Waals surface area contributed by atoms with E-state index in [-0.39, 0.29) is 28.1 Å². The van der Waals surface area contributed by atoms with E-state index in [9.17, 15) is 13.2 Å². The summed E-state index contributed by atoms with van der Waals surface area (Å²) in [5.74, 6) is 0.0891. The highest BCUT2D eigenvalue weighted by atomic mass is 79.9. The van der Waals surface area contributed by atoms with Crippen molar-refractivity contribution in [1.82, 2.24) is 4.98 Å². The molecule has 0 aliphatic carbocycles. The number of halogens is 5. The summed E-state index contributed by atoms with van der Waals surface area (Å²) in [5.41, 5.74) is -0.791. The molecular weight excluding hydrogens is 357 g/mol. The van der Waals surface area contributed by atoms with Crippen LogP contribution in [0.5, 0.6) is 0 Å². The highest BCUT2D eigenvalue weighted by molar-refractivity contribution is 9.10. The summed E-state index contributed by atoms with van der Waals surface area (Å²) in [4.78, 5) is 3.79. The maximum absolute atomic E-state index is 12.9. The molecule has 20 heavy (non-hydrogen) atoms. The Morgan fingerprint density at radius 3 is 2.45 bits per heavy atom. The number of anilines is 1. The van der Waals surface area contributed by atoms with Gasteiger partial charge in [0.15, 0.2) is 0 Å². The zero-order chi connectivity index (χ0) is 15.3. The lowest BCUT2D eigenvalue weighted by Crippen LogP contribution is -2.24. The van der Waals surface area contributed by atoms with Gasteiger partial charge in [0, 0.05) is 17.2 Å². The van der Waals surface area contributed by atoms with E-state index < -0.39 is 11.7 Å². The molecule has 0 fully saturated rings. The maximum Gasteiger partial charge on any atom is 0.419 e. The number of hydrogen-bond donors (Lipinski definition) is 1. The molecule has 0 aliphatic rings. The van der Waals surface area contributed by atoms with E-state index in [1.54, 1.807) is 0 Å². The Hall–Kier alpha value is -0.490. The monoisotopic (exact) mass is 372 g/mol. The third-order valence-corrected chi connectivity index (χ3v) is 4.13. The third-order valence-electron chi connectivity index (χ3n) is 3.18. The van der Waals surface area contributed by atoms with Gasteiger partial charge in [-0.2, -0.15) is 13.2 Å². The van der Waals surface area contributed by atoms with Crippen molar-refractivity contribution < 1.29 is 13.2 Å². The molecule has 7 heteroatoms. The molecule has 0 aromatic carbocycles. The van der Waals surface area contributed by atoms with E-state index in [1.165, 1.54) is 6.20 Å². The fourth-order valence-electron chi connectivity index (χ4n) is 1.96. The number of aromatic nitrogens is 1. The average Bonchev–Trinajstić information content (AvgIpc) is 2.37. The van der Waals surface area contributed by atoms with Gasteiger partial charge in [-0.3, -0.25) is 0 Å². The van der Waals surface area contributed by atoms with Crippen LogP contribution in [0.4, 0.5) is 19.0 Å². The van der Waals surface area contributed by atoms with Gasteiger partial charge in [-0.1, -0.05) is 26.7 Å². The third kappa shape index (κ3) is 4.81. The molecule has 1 heterocycles. The van der Waals surface area contributed by atoms with E-state index in [1.807, 2.05) is 13.8 Å². The largest absolute Gasteiger partial charge is 0.419 e. The molecule has 0 spiro atoms. The van der Waals surface area contributed by atoms with Crippen LogP contribution in [0.2, 0.25) is 0 Å². The standard InChI is InChI=1S/C13H17BrClF3N2/c1-3-8(4-2)11(15)7-20-12-10(13(16,17)18)5-9(14)6-19-12/h5-6,8,11H,3-4,7H2,1-2H3,(H,19,20). The molecule has 0 saturated carbocycles. The van der Waals surface area contributed by atoms with Crippen molar-refractivity contribution in [3.05, 3.63) is 22.3 Å². The lowest BCUT2D eigenvalue weighted by atomic mass is 9.99. The minimum atomic E-state index is -4.45. The summed E-state index contributed by atoms with van der Waals surface area (Å²) in [7, 11) is 0.